The van der Waals surface area contributed by atoms with Crippen LogP contribution in [-0.4, -0.2) is 49.4 Å². The van der Waals surface area contributed by atoms with E-state index in [0.29, 0.717) is 12.0 Å². The molecule has 26 heavy (non-hydrogen) atoms. The average Bonchev–Trinajstić information content (AvgIpc) is 3.34. The summed E-state index contributed by atoms with van der Waals surface area (Å²) in [6, 6.07) is 9.69. The standard InChI is InChI=1S/C20H23N3O2S/c24-19-2-1-8-23(19)18-5-3-17(4-6-18)20(25)22-11-9-21(10-12-22)14-16-7-13-26-15-16/h3-7,13,15H,1-2,8-12,14H2/p+1. The lowest BCUT2D eigenvalue weighted by Gasteiger charge is -2.32. The highest BCUT2D eigenvalue weighted by molar-refractivity contribution is 7.07. The number of nitrogens with zero attached hydrogens (tertiary/aromatic N) is 2. The smallest absolute Gasteiger partial charge is 0.254 e. The minimum absolute atomic E-state index is 0.0962. The summed E-state index contributed by atoms with van der Waals surface area (Å²) >= 11 is 1.74. The lowest BCUT2D eigenvalue weighted by Crippen LogP contribution is -3.13. The number of benzene rings is 1. The third-order valence-corrected chi connectivity index (χ3v) is 6.02. The Morgan fingerprint density at radius 2 is 1.85 bits per heavy atom. The van der Waals surface area contributed by atoms with Crippen LogP contribution in [0.4, 0.5) is 5.69 Å². The van der Waals surface area contributed by atoms with E-state index in [2.05, 4.69) is 16.8 Å². The summed E-state index contributed by atoms with van der Waals surface area (Å²) in [7, 11) is 0. The van der Waals surface area contributed by atoms with Crippen molar-refractivity contribution in [1.82, 2.24) is 4.90 Å². The van der Waals surface area contributed by atoms with Gasteiger partial charge in [0.1, 0.15) is 6.54 Å². The lowest BCUT2D eigenvalue weighted by atomic mass is 10.1. The van der Waals surface area contributed by atoms with Gasteiger partial charge in [-0.15, -0.1) is 0 Å². The second-order valence-corrected chi connectivity index (χ2v) is 7.83. The van der Waals surface area contributed by atoms with Crippen molar-refractivity contribution >= 4 is 28.8 Å². The number of piperazine rings is 1. The monoisotopic (exact) mass is 370 g/mol. The van der Waals surface area contributed by atoms with E-state index < -0.39 is 0 Å². The van der Waals surface area contributed by atoms with E-state index in [1.165, 1.54) is 10.5 Å². The second-order valence-electron chi connectivity index (χ2n) is 7.05. The zero-order chi connectivity index (χ0) is 17.9. The van der Waals surface area contributed by atoms with E-state index in [-0.39, 0.29) is 11.8 Å². The van der Waals surface area contributed by atoms with Gasteiger partial charge in [0.15, 0.2) is 0 Å². The van der Waals surface area contributed by atoms with Crippen LogP contribution in [0.5, 0.6) is 0 Å². The molecule has 0 saturated carbocycles. The van der Waals surface area contributed by atoms with Gasteiger partial charge in [-0.3, -0.25) is 9.59 Å². The van der Waals surface area contributed by atoms with Crippen molar-refractivity contribution in [2.75, 3.05) is 37.6 Å². The summed E-state index contributed by atoms with van der Waals surface area (Å²) < 4.78 is 0. The minimum Gasteiger partial charge on any atom is -0.328 e. The third-order valence-electron chi connectivity index (χ3n) is 5.29. The van der Waals surface area contributed by atoms with Crippen LogP contribution < -0.4 is 9.80 Å². The second kappa shape index (κ2) is 7.60. The Morgan fingerprint density at radius 1 is 1.08 bits per heavy atom. The van der Waals surface area contributed by atoms with Crippen molar-refractivity contribution < 1.29 is 14.5 Å². The fourth-order valence-corrected chi connectivity index (χ4v) is 4.44. The molecule has 2 aliphatic rings. The van der Waals surface area contributed by atoms with Crippen LogP contribution in [0.3, 0.4) is 0 Å². The Balaban J connectivity index is 1.34. The van der Waals surface area contributed by atoms with Gasteiger partial charge in [0.2, 0.25) is 5.91 Å². The largest absolute Gasteiger partial charge is 0.328 e. The molecule has 0 unspecified atom stereocenters. The molecule has 1 N–H and O–H groups in total. The molecular formula is C20H24N3O2S+. The van der Waals surface area contributed by atoms with Gasteiger partial charge < -0.3 is 14.7 Å². The van der Waals surface area contributed by atoms with Crippen molar-refractivity contribution in [2.24, 2.45) is 0 Å². The highest BCUT2D eigenvalue weighted by atomic mass is 32.1. The van der Waals surface area contributed by atoms with E-state index in [1.807, 2.05) is 29.2 Å². The Morgan fingerprint density at radius 3 is 2.46 bits per heavy atom. The molecule has 5 nitrogen and oxygen atoms in total. The summed E-state index contributed by atoms with van der Waals surface area (Å²) in [4.78, 5) is 29.9. The summed E-state index contributed by atoms with van der Waals surface area (Å²) in [5, 5.41) is 4.32. The first-order chi connectivity index (χ1) is 12.7. The Bertz CT molecular complexity index is 765. The number of hydrogen-bond acceptors (Lipinski definition) is 3. The number of carbonyl (C=O) groups is 2. The SMILES string of the molecule is O=C(c1ccc(N2CCCC2=O)cc1)N1CC[NH+](Cc2ccsc2)CC1. The average molecular weight is 370 g/mol. The zero-order valence-electron chi connectivity index (χ0n) is 14.8. The van der Waals surface area contributed by atoms with Crippen LogP contribution in [0.1, 0.15) is 28.8 Å². The summed E-state index contributed by atoms with van der Waals surface area (Å²) in [5.74, 6) is 0.271. The van der Waals surface area contributed by atoms with Gasteiger partial charge >= 0.3 is 0 Å². The molecule has 2 aromatic rings. The van der Waals surface area contributed by atoms with Gasteiger partial charge in [0.05, 0.1) is 26.2 Å². The molecule has 136 valence electrons. The molecular weight excluding hydrogens is 346 g/mol. The highest BCUT2D eigenvalue weighted by Crippen LogP contribution is 2.22. The van der Waals surface area contributed by atoms with E-state index in [9.17, 15) is 9.59 Å². The molecule has 1 aromatic heterocycles. The van der Waals surface area contributed by atoms with Crippen molar-refractivity contribution in [3.63, 3.8) is 0 Å². The number of nitrogens with one attached hydrogen (secondary N) is 1. The van der Waals surface area contributed by atoms with Gasteiger partial charge in [0.25, 0.3) is 5.91 Å². The van der Waals surface area contributed by atoms with Crippen molar-refractivity contribution in [3.05, 3.63) is 52.2 Å². The number of anilines is 1. The maximum Gasteiger partial charge on any atom is 0.254 e. The van der Waals surface area contributed by atoms with Crippen molar-refractivity contribution in [3.8, 4) is 0 Å². The van der Waals surface area contributed by atoms with Gasteiger partial charge in [-0.05, 0) is 47.5 Å². The molecule has 0 atom stereocenters. The van der Waals surface area contributed by atoms with E-state index in [1.54, 1.807) is 16.2 Å². The van der Waals surface area contributed by atoms with Crippen LogP contribution in [0, 0.1) is 0 Å². The molecule has 0 spiro atoms. The summed E-state index contributed by atoms with van der Waals surface area (Å²) in [5.41, 5.74) is 2.99. The summed E-state index contributed by atoms with van der Waals surface area (Å²) in [6.45, 7) is 5.39. The normalized spacial score (nSPS) is 18.5. The van der Waals surface area contributed by atoms with Gasteiger partial charge in [-0.1, -0.05) is 0 Å². The fraction of sp³-hybridized carbons (Fsp3) is 0.400. The molecule has 1 aromatic carbocycles. The van der Waals surface area contributed by atoms with E-state index in [0.717, 1.165) is 51.4 Å². The first-order valence-corrected chi connectivity index (χ1v) is 10.2. The minimum atomic E-state index is 0.0962. The topological polar surface area (TPSA) is 45.1 Å². The Kier molecular flexibility index (Phi) is 5.04. The Labute approximate surface area is 157 Å². The molecule has 0 radical (unpaired) electrons. The molecule has 0 bridgehead atoms. The third kappa shape index (κ3) is 3.66. The molecule has 3 heterocycles. The van der Waals surface area contributed by atoms with Crippen LogP contribution in [0.25, 0.3) is 0 Å². The maximum absolute atomic E-state index is 12.8. The van der Waals surface area contributed by atoms with E-state index in [4.69, 9.17) is 0 Å². The highest BCUT2D eigenvalue weighted by Gasteiger charge is 2.25. The quantitative estimate of drug-likeness (QED) is 0.885. The molecule has 0 aliphatic carbocycles. The molecule has 2 amide bonds. The molecule has 2 fully saturated rings. The fourth-order valence-electron chi connectivity index (χ4n) is 3.77. The molecule has 4 rings (SSSR count). The van der Waals surface area contributed by atoms with Gasteiger partial charge in [-0.25, -0.2) is 0 Å². The molecule has 2 saturated heterocycles. The summed E-state index contributed by atoms with van der Waals surface area (Å²) in [6.07, 6.45) is 1.54. The molecule has 2 aliphatic heterocycles. The maximum atomic E-state index is 12.8. The number of quaternary nitrogens is 1. The number of amides is 2. The van der Waals surface area contributed by atoms with Gasteiger partial charge in [-0.2, -0.15) is 11.3 Å². The van der Waals surface area contributed by atoms with Crippen LogP contribution in [0.15, 0.2) is 41.1 Å². The number of hydrogen-bond donors (Lipinski definition) is 1. The number of thiophene rings is 1. The lowest BCUT2D eigenvalue weighted by molar-refractivity contribution is -0.917. The molecule has 6 heteroatoms. The van der Waals surface area contributed by atoms with Crippen molar-refractivity contribution in [1.29, 1.82) is 0 Å². The van der Waals surface area contributed by atoms with Crippen LogP contribution >= 0.6 is 11.3 Å². The van der Waals surface area contributed by atoms with Gasteiger partial charge in [0, 0.05) is 29.8 Å². The first-order valence-electron chi connectivity index (χ1n) is 9.25. The predicted molar refractivity (Wildman–Crippen MR) is 103 cm³/mol. The Hall–Kier alpha value is -2.18. The van der Waals surface area contributed by atoms with Crippen LogP contribution in [0.2, 0.25) is 0 Å². The van der Waals surface area contributed by atoms with Crippen molar-refractivity contribution in [2.45, 2.75) is 19.4 Å². The first kappa shape index (κ1) is 17.2. The predicted octanol–water partition coefficient (Wildman–Crippen LogP) is 1.42. The zero-order valence-corrected chi connectivity index (χ0v) is 15.6. The van der Waals surface area contributed by atoms with Crippen LogP contribution in [-0.2, 0) is 11.3 Å². The van der Waals surface area contributed by atoms with E-state index >= 15 is 0 Å². The number of carbonyl (C=O) groups excluding carboxylic acids is 2. The number of rotatable bonds is 4.